The number of allylic oxidation sites excluding steroid dienone is 2. The van der Waals surface area contributed by atoms with Gasteiger partial charge in [0.05, 0.1) is 0 Å². The van der Waals surface area contributed by atoms with Gasteiger partial charge in [0.2, 0.25) is 0 Å². The second-order valence-electron chi connectivity index (χ2n) is 4.52. The molecular formula is C11H12O2. The highest BCUT2D eigenvalue weighted by Crippen LogP contribution is 2.55. The standard InChI is InChI=1S/C11H12O2/c12-5-8-4-9(13)11-7-2-1-6(3-7)10(8)11/h1-2,5-8,10-11H,3-4H2. The van der Waals surface area contributed by atoms with Crippen molar-refractivity contribution in [3.05, 3.63) is 12.2 Å². The third kappa shape index (κ3) is 0.787. The summed E-state index contributed by atoms with van der Waals surface area (Å²) in [6.07, 6.45) is 7.01. The van der Waals surface area contributed by atoms with Gasteiger partial charge in [0.15, 0.2) is 0 Å². The molecule has 0 aliphatic heterocycles. The van der Waals surface area contributed by atoms with Crippen LogP contribution in [0.15, 0.2) is 12.2 Å². The maximum absolute atomic E-state index is 11.6. The van der Waals surface area contributed by atoms with Crippen molar-refractivity contribution in [2.24, 2.45) is 29.6 Å². The van der Waals surface area contributed by atoms with Crippen molar-refractivity contribution in [3.8, 4) is 0 Å². The van der Waals surface area contributed by atoms with Gasteiger partial charge in [-0.3, -0.25) is 4.79 Å². The molecular weight excluding hydrogens is 164 g/mol. The molecule has 3 rings (SSSR count). The van der Waals surface area contributed by atoms with Crippen molar-refractivity contribution in [1.82, 2.24) is 0 Å². The van der Waals surface area contributed by atoms with E-state index in [9.17, 15) is 9.59 Å². The van der Waals surface area contributed by atoms with Gasteiger partial charge in [-0.2, -0.15) is 0 Å². The van der Waals surface area contributed by atoms with Crippen LogP contribution in [0.25, 0.3) is 0 Å². The van der Waals surface area contributed by atoms with E-state index in [4.69, 9.17) is 0 Å². The number of hydrogen-bond acceptors (Lipinski definition) is 2. The number of hydrogen-bond donors (Lipinski definition) is 0. The van der Waals surface area contributed by atoms with E-state index in [2.05, 4.69) is 12.2 Å². The summed E-state index contributed by atoms with van der Waals surface area (Å²) in [5.74, 6) is 1.91. The minimum atomic E-state index is 0.0254. The molecule has 5 atom stereocenters. The van der Waals surface area contributed by atoms with E-state index in [0.717, 1.165) is 12.7 Å². The third-order valence-corrected chi connectivity index (χ3v) is 4.00. The van der Waals surface area contributed by atoms with Crippen LogP contribution in [-0.4, -0.2) is 12.1 Å². The van der Waals surface area contributed by atoms with Crippen LogP contribution < -0.4 is 0 Å². The fourth-order valence-corrected chi connectivity index (χ4v) is 3.54. The summed E-state index contributed by atoms with van der Waals surface area (Å²) >= 11 is 0. The fraction of sp³-hybridized carbons (Fsp3) is 0.636. The van der Waals surface area contributed by atoms with Gasteiger partial charge in [-0.05, 0) is 24.2 Å². The van der Waals surface area contributed by atoms with Gasteiger partial charge in [-0.25, -0.2) is 0 Å². The van der Waals surface area contributed by atoms with E-state index in [1.807, 2.05) is 0 Å². The maximum Gasteiger partial charge on any atom is 0.137 e. The lowest BCUT2D eigenvalue weighted by Gasteiger charge is -2.21. The van der Waals surface area contributed by atoms with Crippen LogP contribution in [0.2, 0.25) is 0 Å². The van der Waals surface area contributed by atoms with E-state index < -0.39 is 0 Å². The Labute approximate surface area is 77.0 Å². The van der Waals surface area contributed by atoms with Gasteiger partial charge in [-0.15, -0.1) is 0 Å². The van der Waals surface area contributed by atoms with E-state index >= 15 is 0 Å². The predicted octanol–water partition coefficient (Wildman–Crippen LogP) is 1.21. The van der Waals surface area contributed by atoms with Crippen molar-refractivity contribution >= 4 is 12.1 Å². The Hall–Kier alpha value is -0.920. The molecule has 2 fully saturated rings. The lowest BCUT2D eigenvalue weighted by molar-refractivity contribution is -0.122. The van der Waals surface area contributed by atoms with E-state index in [-0.39, 0.29) is 11.8 Å². The van der Waals surface area contributed by atoms with Crippen LogP contribution in [0.4, 0.5) is 0 Å². The molecule has 0 radical (unpaired) electrons. The summed E-state index contributed by atoms with van der Waals surface area (Å²) in [5, 5.41) is 0. The normalized spacial score (nSPS) is 51.4. The van der Waals surface area contributed by atoms with Crippen molar-refractivity contribution in [1.29, 1.82) is 0 Å². The van der Waals surface area contributed by atoms with Crippen molar-refractivity contribution in [3.63, 3.8) is 0 Å². The molecule has 0 spiro atoms. The Kier molecular flexibility index (Phi) is 1.33. The van der Waals surface area contributed by atoms with Gasteiger partial charge in [-0.1, -0.05) is 12.2 Å². The highest BCUT2D eigenvalue weighted by Gasteiger charge is 2.55. The molecule has 0 aromatic heterocycles. The number of rotatable bonds is 1. The number of ketones is 1. The Balaban J connectivity index is 2.01. The molecule has 0 N–H and O–H groups in total. The molecule has 0 aromatic carbocycles. The first-order valence-electron chi connectivity index (χ1n) is 4.97. The third-order valence-electron chi connectivity index (χ3n) is 4.00. The predicted molar refractivity (Wildman–Crippen MR) is 46.9 cm³/mol. The first kappa shape index (κ1) is 7.48. The molecule has 5 unspecified atom stereocenters. The smallest absolute Gasteiger partial charge is 0.137 e. The topological polar surface area (TPSA) is 34.1 Å². The van der Waals surface area contributed by atoms with Gasteiger partial charge in [0.1, 0.15) is 12.1 Å². The molecule has 0 saturated heterocycles. The first-order valence-corrected chi connectivity index (χ1v) is 4.97. The quantitative estimate of drug-likeness (QED) is 0.444. The lowest BCUT2D eigenvalue weighted by atomic mass is 9.82. The summed E-state index contributed by atoms with van der Waals surface area (Å²) in [6, 6.07) is 0. The SMILES string of the molecule is O=CC1CC(=O)C2C3C=CC(C3)C12. The van der Waals surface area contributed by atoms with Gasteiger partial charge < -0.3 is 4.79 Å². The zero-order valence-corrected chi connectivity index (χ0v) is 7.35. The summed E-state index contributed by atoms with van der Waals surface area (Å²) < 4.78 is 0. The van der Waals surface area contributed by atoms with Crippen molar-refractivity contribution in [2.75, 3.05) is 0 Å². The highest BCUT2D eigenvalue weighted by atomic mass is 16.1. The molecule has 68 valence electrons. The van der Waals surface area contributed by atoms with Crippen LogP contribution >= 0.6 is 0 Å². The first-order chi connectivity index (χ1) is 6.31. The van der Waals surface area contributed by atoms with E-state index in [1.165, 1.54) is 0 Å². The molecule has 2 bridgehead atoms. The largest absolute Gasteiger partial charge is 0.303 e. The zero-order chi connectivity index (χ0) is 9.00. The minimum Gasteiger partial charge on any atom is -0.303 e. The van der Waals surface area contributed by atoms with Crippen molar-refractivity contribution in [2.45, 2.75) is 12.8 Å². The Bertz CT molecular complexity index is 305. The number of Topliss-reactive ketones (excluding diaryl/α,β-unsaturated/α-hetero) is 1. The Morgan fingerprint density at radius 2 is 2.08 bits per heavy atom. The second-order valence-corrected chi connectivity index (χ2v) is 4.52. The van der Waals surface area contributed by atoms with Gasteiger partial charge >= 0.3 is 0 Å². The Morgan fingerprint density at radius 1 is 1.31 bits per heavy atom. The molecule has 2 nitrogen and oxygen atoms in total. The summed E-state index contributed by atoms with van der Waals surface area (Å²) in [4.78, 5) is 22.4. The number of aldehydes is 1. The average molecular weight is 176 g/mol. The number of carbonyl (C=O) groups excluding carboxylic acids is 2. The monoisotopic (exact) mass is 176 g/mol. The molecule has 0 aromatic rings. The van der Waals surface area contributed by atoms with Gasteiger partial charge in [0.25, 0.3) is 0 Å². The molecule has 0 amide bonds. The molecule has 2 heteroatoms. The average Bonchev–Trinajstić information content (AvgIpc) is 2.76. The maximum atomic E-state index is 11.6. The van der Waals surface area contributed by atoms with Crippen LogP contribution in [0.3, 0.4) is 0 Å². The summed E-state index contributed by atoms with van der Waals surface area (Å²) in [6.45, 7) is 0. The summed E-state index contributed by atoms with van der Waals surface area (Å²) in [7, 11) is 0. The van der Waals surface area contributed by atoms with E-state index in [1.54, 1.807) is 0 Å². The number of fused-ring (bicyclic) bond motifs is 5. The molecule has 3 aliphatic rings. The molecule has 3 aliphatic carbocycles. The van der Waals surface area contributed by atoms with Crippen LogP contribution in [0.1, 0.15) is 12.8 Å². The fourth-order valence-electron chi connectivity index (χ4n) is 3.54. The zero-order valence-electron chi connectivity index (χ0n) is 7.35. The minimum absolute atomic E-state index is 0.0254. The Morgan fingerprint density at radius 3 is 2.85 bits per heavy atom. The van der Waals surface area contributed by atoms with Crippen LogP contribution in [0.5, 0.6) is 0 Å². The van der Waals surface area contributed by atoms with Crippen LogP contribution in [0, 0.1) is 29.6 Å². The lowest BCUT2D eigenvalue weighted by Crippen LogP contribution is -2.22. The second kappa shape index (κ2) is 2.31. The van der Waals surface area contributed by atoms with Crippen LogP contribution in [-0.2, 0) is 9.59 Å². The molecule has 13 heavy (non-hydrogen) atoms. The van der Waals surface area contributed by atoms with Gasteiger partial charge in [0, 0.05) is 18.3 Å². The molecule has 2 saturated carbocycles. The molecule has 0 heterocycles. The highest BCUT2D eigenvalue weighted by molar-refractivity contribution is 5.88. The van der Waals surface area contributed by atoms with E-state index in [0.29, 0.717) is 30.0 Å². The summed E-state index contributed by atoms with van der Waals surface area (Å²) in [5.41, 5.74) is 0. The van der Waals surface area contributed by atoms with Crippen molar-refractivity contribution < 1.29 is 9.59 Å². The number of carbonyl (C=O) groups is 2.